The first kappa shape index (κ1) is 18.8. The summed E-state index contributed by atoms with van der Waals surface area (Å²) >= 11 is 5.97. The van der Waals surface area contributed by atoms with Crippen LogP contribution in [0.3, 0.4) is 0 Å². The smallest absolute Gasteiger partial charge is 0.361 e. The van der Waals surface area contributed by atoms with Crippen LogP contribution in [0.2, 0.25) is 5.02 Å². The van der Waals surface area contributed by atoms with Gasteiger partial charge < -0.3 is 19.5 Å². The number of rotatable bonds is 5. The van der Waals surface area contributed by atoms with Gasteiger partial charge in [-0.2, -0.15) is 9.90 Å². The van der Waals surface area contributed by atoms with Gasteiger partial charge in [0.15, 0.2) is 23.8 Å². The number of esters is 1. The number of hydrogen-bond acceptors (Lipinski definition) is 7. The van der Waals surface area contributed by atoms with Crippen LogP contribution in [-0.2, 0) is 9.53 Å². The van der Waals surface area contributed by atoms with E-state index in [0.717, 1.165) is 0 Å². The number of anilines is 1. The number of halogens is 1. The molecule has 1 aliphatic heterocycles. The monoisotopic (exact) mass is 414 g/mol. The fourth-order valence-electron chi connectivity index (χ4n) is 2.65. The summed E-state index contributed by atoms with van der Waals surface area (Å²) in [7, 11) is 0. The Balaban J connectivity index is 1.37. The van der Waals surface area contributed by atoms with Crippen LogP contribution < -0.4 is 14.8 Å². The summed E-state index contributed by atoms with van der Waals surface area (Å²) < 4.78 is 15.5. The van der Waals surface area contributed by atoms with Crippen LogP contribution in [0.15, 0.2) is 42.5 Å². The second-order valence-corrected chi connectivity index (χ2v) is 6.53. The molecular formula is C19H15ClN4O5. The van der Waals surface area contributed by atoms with Crippen molar-refractivity contribution < 1.29 is 23.8 Å². The Morgan fingerprint density at radius 3 is 2.83 bits per heavy atom. The summed E-state index contributed by atoms with van der Waals surface area (Å²) in [5.41, 5.74) is 1.48. The summed E-state index contributed by atoms with van der Waals surface area (Å²) in [6.45, 7) is 1.29. The molecule has 0 fully saturated rings. The third-order valence-electron chi connectivity index (χ3n) is 4.01. The van der Waals surface area contributed by atoms with Crippen molar-refractivity contribution in [1.29, 1.82) is 0 Å². The minimum absolute atomic E-state index is 0.0147. The van der Waals surface area contributed by atoms with Crippen LogP contribution in [0.4, 0.5) is 5.69 Å². The maximum Gasteiger partial charge on any atom is 0.361 e. The van der Waals surface area contributed by atoms with Crippen molar-refractivity contribution in [2.45, 2.75) is 6.92 Å². The molecule has 148 valence electrons. The van der Waals surface area contributed by atoms with Crippen molar-refractivity contribution in [3.8, 4) is 17.2 Å². The number of nitrogens with zero attached hydrogens (tertiary/aromatic N) is 3. The molecule has 1 amide bonds. The van der Waals surface area contributed by atoms with Crippen LogP contribution in [0, 0.1) is 6.92 Å². The van der Waals surface area contributed by atoms with E-state index in [4.69, 9.17) is 25.8 Å². The van der Waals surface area contributed by atoms with Crippen molar-refractivity contribution >= 4 is 29.2 Å². The largest absolute Gasteiger partial charge is 0.454 e. The molecule has 4 rings (SSSR count). The predicted octanol–water partition coefficient (Wildman–Crippen LogP) is 2.75. The highest BCUT2D eigenvalue weighted by Crippen LogP contribution is 2.34. The Kier molecular flexibility index (Phi) is 5.05. The first-order chi connectivity index (χ1) is 14.0. The molecule has 1 N–H and O–H groups in total. The molecule has 0 saturated heterocycles. The third-order valence-corrected chi connectivity index (χ3v) is 4.24. The summed E-state index contributed by atoms with van der Waals surface area (Å²) in [6.07, 6.45) is 0. The average molecular weight is 415 g/mol. The lowest BCUT2D eigenvalue weighted by Gasteiger charge is -2.06. The van der Waals surface area contributed by atoms with Gasteiger partial charge in [-0.3, -0.25) is 4.79 Å². The Bertz CT molecular complexity index is 1100. The van der Waals surface area contributed by atoms with Crippen molar-refractivity contribution in [3.63, 3.8) is 0 Å². The minimum atomic E-state index is -0.753. The number of aromatic nitrogens is 3. The zero-order chi connectivity index (χ0) is 20.4. The average Bonchev–Trinajstić information content (AvgIpc) is 3.32. The molecule has 0 atom stereocenters. The maximum absolute atomic E-state index is 12.3. The van der Waals surface area contributed by atoms with E-state index in [0.29, 0.717) is 33.6 Å². The number of nitrogens with one attached hydrogen (secondary N) is 1. The van der Waals surface area contributed by atoms with Gasteiger partial charge in [-0.1, -0.05) is 17.7 Å². The Morgan fingerprint density at radius 1 is 1.17 bits per heavy atom. The molecule has 0 bridgehead atoms. The number of ether oxygens (including phenoxy) is 3. The van der Waals surface area contributed by atoms with Gasteiger partial charge in [-0.25, -0.2) is 4.79 Å². The topological polar surface area (TPSA) is 105 Å². The molecule has 2 aromatic carbocycles. The number of benzene rings is 2. The highest BCUT2D eigenvalue weighted by molar-refractivity contribution is 6.30. The molecule has 0 radical (unpaired) electrons. The van der Waals surface area contributed by atoms with Gasteiger partial charge in [0.1, 0.15) is 0 Å². The quantitative estimate of drug-likeness (QED) is 0.640. The molecule has 0 unspecified atom stereocenters. The van der Waals surface area contributed by atoms with Crippen LogP contribution in [0.1, 0.15) is 16.2 Å². The zero-order valence-corrected chi connectivity index (χ0v) is 16.0. The van der Waals surface area contributed by atoms with E-state index < -0.39 is 18.5 Å². The summed E-state index contributed by atoms with van der Waals surface area (Å²) in [5, 5.41) is 11.5. The maximum atomic E-state index is 12.3. The van der Waals surface area contributed by atoms with Crippen molar-refractivity contribution in [3.05, 3.63) is 58.9 Å². The highest BCUT2D eigenvalue weighted by Gasteiger charge is 2.20. The van der Waals surface area contributed by atoms with Gasteiger partial charge in [0.2, 0.25) is 6.79 Å². The van der Waals surface area contributed by atoms with Gasteiger partial charge in [0.05, 0.1) is 11.4 Å². The molecule has 0 saturated carbocycles. The van der Waals surface area contributed by atoms with E-state index in [1.54, 1.807) is 49.4 Å². The van der Waals surface area contributed by atoms with Crippen molar-refractivity contribution in [1.82, 2.24) is 15.0 Å². The second-order valence-electron chi connectivity index (χ2n) is 6.10. The first-order valence-corrected chi connectivity index (χ1v) is 8.94. The third kappa shape index (κ3) is 4.14. The van der Waals surface area contributed by atoms with Crippen LogP contribution in [0.5, 0.6) is 11.5 Å². The normalized spacial score (nSPS) is 11.9. The van der Waals surface area contributed by atoms with E-state index in [2.05, 4.69) is 15.5 Å². The standard InChI is InChI=1S/C19H15ClN4O5/c1-11-18(23-24(22-11)14-4-2-3-12(20)7-14)19(26)27-9-17(25)21-13-5-6-15-16(8-13)29-10-28-15/h2-8H,9-10H2,1H3,(H,21,25). The van der Waals surface area contributed by atoms with Gasteiger partial charge in [-0.15, -0.1) is 5.10 Å². The number of amides is 1. The zero-order valence-electron chi connectivity index (χ0n) is 15.2. The summed E-state index contributed by atoms with van der Waals surface area (Å²) in [4.78, 5) is 25.7. The number of hydrogen-bond donors (Lipinski definition) is 1. The van der Waals surface area contributed by atoms with Gasteiger partial charge in [-0.05, 0) is 37.3 Å². The highest BCUT2D eigenvalue weighted by atomic mass is 35.5. The Hall–Kier alpha value is -3.59. The fourth-order valence-corrected chi connectivity index (χ4v) is 2.84. The number of carbonyl (C=O) groups is 2. The number of aryl methyl sites for hydroxylation is 1. The van der Waals surface area contributed by atoms with E-state index in [-0.39, 0.29) is 12.5 Å². The van der Waals surface area contributed by atoms with Crippen molar-refractivity contribution in [2.24, 2.45) is 0 Å². The molecule has 29 heavy (non-hydrogen) atoms. The van der Waals surface area contributed by atoms with Crippen LogP contribution in [-0.4, -0.2) is 40.3 Å². The molecule has 3 aromatic rings. The molecule has 2 heterocycles. The molecule has 1 aromatic heterocycles. The minimum Gasteiger partial charge on any atom is -0.454 e. The van der Waals surface area contributed by atoms with E-state index in [9.17, 15) is 9.59 Å². The summed E-state index contributed by atoms with van der Waals surface area (Å²) in [5.74, 6) is -0.116. The van der Waals surface area contributed by atoms with E-state index in [1.807, 2.05) is 0 Å². The van der Waals surface area contributed by atoms with Crippen LogP contribution >= 0.6 is 11.6 Å². The second kappa shape index (κ2) is 7.80. The summed E-state index contributed by atoms with van der Waals surface area (Å²) in [6, 6.07) is 11.8. The Morgan fingerprint density at radius 2 is 2.00 bits per heavy atom. The van der Waals surface area contributed by atoms with Gasteiger partial charge in [0.25, 0.3) is 5.91 Å². The molecule has 10 heteroatoms. The van der Waals surface area contributed by atoms with Gasteiger partial charge >= 0.3 is 5.97 Å². The first-order valence-electron chi connectivity index (χ1n) is 8.56. The van der Waals surface area contributed by atoms with Crippen molar-refractivity contribution in [2.75, 3.05) is 18.7 Å². The molecule has 0 spiro atoms. The lowest BCUT2D eigenvalue weighted by Crippen LogP contribution is -2.21. The lowest BCUT2D eigenvalue weighted by molar-refractivity contribution is -0.119. The lowest BCUT2D eigenvalue weighted by atomic mass is 10.3. The molecule has 9 nitrogen and oxygen atoms in total. The van der Waals surface area contributed by atoms with Gasteiger partial charge in [0, 0.05) is 16.8 Å². The van der Waals surface area contributed by atoms with Crippen LogP contribution in [0.25, 0.3) is 5.69 Å². The molecule has 0 aliphatic carbocycles. The Labute approximate surface area is 170 Å². The SMILES string of the molecule is Cc1nn(-c2cccc(Cl)c2)nc1C(=O)OCC(=O)Nc1ccc2c(c1)OCO2. The predicted molar refractivity (Wildman–Crippen MR) is 103 cm³/mol. The van der Waals surface area contributed by atoms with E-state index >= 15 is 0 Å². The molecular weight excluding hydrogens is 400 g/mol. The molecule has 1 aliphatic rings. The fraction of sp³-hybridized carbons (Fsp3) is 0.158. The number of carbonyl (C=O) groups excluding carboxylic acids is 2. The van der Waals surface area contributed by atoms with E-state index in [1.165, 1.54) is 4.80 Å². The number of fused-ring (bicyclic) bond motifs is 1.